The van der Waals surface area contributed by atoms with Crippen molar-refractivity contribution in [2.24, 2.45) is 0 Å². The number of benzene rings is 1. The molecular weight excluding hydrogens is 420 g/mol. The van der Waals surface area contributed by atoms with E-state index < -0.39 is 12.0 Å². The van der Waals surface area contributed by atoms with Gasteiger partial charge in [0.2, 0.25) is 0 Å². The van der Waals surface area contributed by atoms with E-state index in [1.165, 1.54) is 19.1 Å². The van der Waals surface area contributed by atoms with Gasteiger partial charge in [0.15, 0.2) is 5.78 Å². The zero-order chi connectivity index (χ0) is 23.3. The number of hydrogen-bond donors (Lipinski definition) is 0. The molecular formula is C23H29ClN2O5. The van der Waals surface area contributed by atoms with Gasteiger partial charge in [-0.05, 0) is 57.5 Å². The average molecular weight is 449 g/mol. The lowest BCUT2D eigenvalue weighted by Crippen LogP contribution is -2.45. The summed E-state index contributed by atoms with van der Waals surface area (Å²) in [7, 11) is 2.85. The molecule has 1 amide bonds. The summed E-state index contributed by atoms with van der Waals surface area (Å²) < 4.78 is 11.8. The van der Waals surface area contributed by atoms with Crippen molar-refractivity contribution in [1.82, 2.24) is 9.47 Å². The summed E-state index contributed by atoms with van der Waals surface area (Å²) in [6.45, 7) is 8.13. The second-order valence-corrected chi connectivity index (χ2v) is 7.64. The van der Waals surface area contributed by atoms with Crippen LogP contribution in [0.1, 0.15) is 56.3 Å². The van der Waals surface area contributed by atoms with Crippen LogP contribution in [0.5, 0.6) is 0 Å². The number of halogens is 1. The summed E-state index contributed by atoms with van der Waals surface area (Å²) in [5.41, 5.74) is 2.43. The smallest absolute Gasteiger partial charge is 0.354 e. The summed E-state index contributed by atoms with van der Waals surface area (Å²) in [4.78, 5) is 40.5. The zero-order valence-electron chi connectivity index (χ0n) is 18.8. The number of ketones is 1. The third-order valence-corrected chi connectivity index (χ3v) is 5.70. The van der Waals surface area contributed by atoms with Gasteiger partial charge in [-0.15, -0.1) is 0 Å². The van der Waals surface area contributed by atoms with Crippen LogP contribution < -0.4 is 0 Å². The van der Waals surface area contributed by atoms with Crippen LogP contribution in [0, 0.1) is 13.8 Å². The van der Waals surface area contributed by atoms with Crippen LogP contribution >= 0.6 is 11.6 Å². The van der Waals surface area contributed by atoms with Gasteiger partial charge in [0.05, 0.1) is 19.8 Å². The fraction of sp³-hybridized carbons (Fsp3) is 0.435. The van der Waals surface area contributed by atoms with Crippen molar-refractivity contribution >= 4 is 29.3 Å². The molecule has 2 aromatic rings. The largest absolute Gasteiger partial charge is 0.464 e. The Morgan fingerprint density at radius 2 is 1.74 bits per heavy atom. The third kappa shape index (κ3) is 4.99. The monoisotopic (exact) mass is 448 g/mol. The lowest BCUT2D eigenvalue weighted by Gasteiger charge is -2.28. The predicted octanol–water partition coefficient (Wildman–Crippen LogP) is 3.92. The van der Waals surface area contributed by atoms with E-state index in [1.54, 1.807) is 49.6 Å². The maximum atomic E-state index is 13.6. The van der Waals surface area contributed by atoms with Crippen LogP contribution in [0.3, 0.4) is 0 Å². The van der Waals surface area contributed by atoms with Gasteiger partial charge in [-0.2, -0.15) is 0 Å². The summed E-state index contributed by atoms with van der Waals surface area (Å²) in [6, 6.07) is 5.75. The molecule has 0 fully saturated rings. The molecule has 0 bridgehead atoms. The number of hydrogen-bond acceptors (Lipinski definition) is 5. The molecule has 0 saturated carbocycles. The van der Waals surface area contributed by atoms with Gasteiger partial charge >= 0.3 is 5.97 Å². The van der Waals surface area contributed by atoms with Crippen molar-refractivity contribution in [3.63, 3.8) is 0 Å². The van der Waals surface area contributed by atoms with E-state index in [4.69, 9.17) is 21.1 Å². The zero-order valence-corrected chi connectivity index (χ0v) is 19.6. The van der Waals surface area contributed by atoms with Gasteiger partial charge in [0, 0.05) is 42.0 Å². The maximum absolute atomic E-state index is 13.6. The standard InChI is InChI=1S/C23H29ClN2O5/c1-7-25-15(3)19(14(2)20(25)23(29)31-6)21(27)16(4)26(12-13-30-5)22(28)17-8-10-18(24)11-9-17/h8-11,16H,7,12-13H2,1-6H3. The van der Waals surface area contributed by atoms with Crippen LogP contribution in [0.25, 0.3) is 0 Å². The van der Waals surface area contributed by atoms with Crippen molar-refractivity contribution in [2.45, 2.75) is 40.3 Å². The fourth-order valence-corrected chi connectivity index (χ4v) is 3.91. The Morgan fingerprint density at radius 1 is 1.13 bits per heavy atom. The molecule has 1 heterocycles. The van der Waals surface area contributed by atoms with Crippen LogP contribution in [0.15, 0.2) is 24.3 Å². The van der Waals surface area contributed by atoms with Gasteiger partial charge in [-0.25, -0.2) is 4.79 Å². The third-order valence-electron chi connectivity index (χ3n) is 5.44. The summed E-state index contributed by atoms with van der Waals surface area (Å²) in [5, 5.41) is 0.520. The van der Waals surface area contributed by atoms with Gasteiger partial charge < -0.3 is 18.9 Å². The molecule has 1 aromatic carbocycles. The highest BCUT2D eigenvalue weighted by molar-refractivity contribution is 6.30. The van der Waals surface area contributed by atoms with E-state index >= 15 is 0 Å². The Hall–Kier alpha value is -2.64. The Balaban J connectivity index is 2.48. The Bertz CT molecular complexity index is 965. The number of rotatable bonds is 9. The van der Waals surface area contributed by atoms with E-state index in [-0.39, 0.29) is 24.8 Å². The first-order chi connectivity index (χ1) is 14.7. The molecule has 168 valence electrons. The van der Waals surface area contributed by atoms with Gasteiger partial charge in [0.1, 0.15) is 5.69 Å². The highest BCUT2D eigenvalue weighted by Crippen LogP contribution is 2.26. The Labute approximate surface area is 187 Å². The number of Topliss-reactive ketones (excluding diaryl/α,β-unsaturated/α-hetero) is 1. The maximum Gasteiger partial charge on any atom is 0.354 e. The van der Waals surface area contributed by atoms with E-state index in [0.717, 1.165) is 0 Å². The topological polar surface area (TPSA) is 77.8 Å². The SMILES string of the molecule is CCn1c(C)c(C(=O)C(C)N(CCOC)C(=O)c2ccc(Cl)cc2)c(C)c1C(=O)OC. The first-order valence-electron chi connectivity index (χ1n) is 10.1. The summed E-state index contributed by atoms with van der Waals surface area (Å²) in [5.74, 6) is -1.04. The number of methoxy groups -OCH3 is 2. The van der Waals surface area contributed by atoms with Crippen molar-refractivity contribution < 1.29 is 23.9 Å². The molecule has 1 atom stereocenters. The number of carbonyl (C=O) groups is 3. The fourth-order valence-electron chi connectivity index (χ4n) is 3.78. The lowest BCUT2D eigenvalue weighted by atomic mass is 9.99. The normalized spacial score (nSPS) is 11.8. The molecule has 0 N–H and O–H groups in total. The molecule has 0 spiro atoms. The van der Waals surface area contributed by atoms with Crippen molar-refractivity contribution in [1.29, 1.82) is 0 Å². The van der Waals surface area contributed by atoms with E-state index in [2.05, 4.69) is 0 Å². The van der Waals surface area contributed by atoms with Crippen LogP contribution in [-0.4, -0.2) is 60.5 Å². The highest BCUT2D eigenvalue weighted by atomic mass is 35.5. The second-order valence-electron chi connectivity index (χ2n) is 7.21. The van der Waals surface area contributed by atoms with Gasteiger partial charge in [-0.1, -0.05) is 11.6 Å². The predicted molar refractivity (Wildman–Crippen MR) is 119 cm³/mol. The van der Waals surface area contributed by atoms with Crippen molar-refractivity contribution in [3.8, 4) is 0 Å². The molecule has 0 aliphatic rings. The van der Waals surface area contributed by atoms with Crippen LogP contribution in [-0.2, 0) is 16.0 Å². The molecule has 1 aromatic heterocycles. The van der Waals surface area contributed by atoms with E-state index in [9.17, 15) is 14.4 Å². The van der Waals surface area contributed by atoms with Gasteiger partial charge in [0.25, 0.3) is 5.91 Å². The first-order valence-corrected chi connectivity index (χ1v) is 10.4. The number of esters is 1. The first kappa shape index (κ1) is 24.6. The number of aromatic nitrogens is 1. The number of ether oxygens (including phenoxy) is 2. The Kier molecular flexibility index (Phi) is 8.42. The second kappa shape index (κ2) is 10.6. The van der Waals surface area contributed by atoms with Gasteiger partial charge in [-0.3, -0.25) is 9.59 Å². The quantitative estimate of drug-likeness (QED) is 0.429. The molecule has 0 aliphatic carbocycles. The molecule has 2 rings (SSSR count). The molecule has 31 heavy (non-hydrogen) atoms. The summed E-state index contributed by atoms with van der Waals surface area (Å²) >= 11 is 5.94. The highest BCUT2D eigenvalue weighted by Gasteiger charge is 2.33. The molecule has 0 aliphatic heterocycles. The van der Waals surface area contributed by atoms with E-state index in [1.807, 2.05) is 6.92 Å². The molecule has 1 unspecified atom stereocenters. The molecule has 0 saturated heterocycles. The Morgan fingerprint density at radius 3 is 2.26 bits per heavy atom. The van der Waals surface area contributed by atoms with E-state index in [0.29, 0.717) is 39.6 Å². The minimum Gasteiger partial charge on any atom is -0.464 e. The average Bonchev–Trinajstić information content (AvgIpc) is 3.02. The molecule has 0 radical (unpaired) electrons. The molecule has 8 heteroatoms. The minimum absolute atomic E-state index is 0.237. The number of amides is 1. The van der Waals surface area contributed by atoms with Crippen molar-refractivity contribution in [2.75, 3.05) is 27.4 Å². The molecule has 7 nitrogen and oxygen atoms in total. The van der Waals surface area contributed by atoms with Crippen LogP contribution in [0.4, 0.5) is 0 Å². The number of nitrogens with zero attached hydrogens (tertiary/aromatic N) is 2. The van der Waals surface area contributed by atoms with Crippen molar-refractivity contribution in [3.05, 3.63) is 57.4 Å². The van der Waals surface area contributed by atoms with Crippen LogP contribution in [0.2, 0.25) is 5.02 Å². The lowest BCUT2D eigenvalue weighted by molar-refractivity contribution is 0.0563. The summed E-state index contributed by atoms with van der Waals surface area (Å²) in [6.07, 6.45) is 0. The minimum atomic E-state index is -0.770. The number of carbonyl (C=O) groups excluding carboxylic acids is 3.